The highest BCUT2D eigenvalue weighted by atomic mass is 32.1. The molecule has 0 bridgehead atoms. The number of hydrogen-bond acceptors (Lipinski definition) is 6. The highest BCUT2D eigenvalue weighted by Gasteiger charge is 2.30. The zero-order valence-corrected chi connectivity index (χ0v) is 15.4. The fourth-order valence-corrected chi connectivity index (χ4v) is 4.18. The van der Waals surface area contributed by atoms with Gasteiger partial charge in [-0.1, -0.05) is 11.3 Å². The molecule has 1 fully saturated rings. The molecule has 1 amide bonds. The molecule has 1 aliphatic carbocycles. The standard InChI is InChI=1S/C19H14N6O2S/c26-18(10-1-2-10)22-19-21-16-15(28-19)17(24-23-16)25-9-20-8-13(25)11-3-4-14-12(7-11)5-6-27-14/h3-10H,1-2H2,(H2,21,22,23,24,26). The lowest BCUT2D eigenvalue weighted by Gasteiger charge is -2.05. The van der Waals surface area contributed by atoms with E-state index in [2.05, 4.69) is 31.5 Å². The predicted molar refractivity (Wildman–Crippen MR) is 105 cm³/mol. The number of carbonyl (C=O) groups is 1. The number of amides is 1. The average Bonchev–Trinajstić information content (AvgIpc) is 3.05. The van der Waals surface area contributed by atoms with Crippen LogP contribution in [-0.4, -0.2) is 30.6 Å². The fourth-order valence-electron chi connectivity index (χ4n) is 3.28. The summed E-state index contributed by atoms with van der Waals surface area (Å²) in [4.78, 5) is 20.8. The molecular formula is C19H14N6O2S. The van der Waals surface area contributed by atoms with Gasteiger partial charge in [-0.25, -0.2) is 9.97 Å². The van der Waals surface area contributed by atoms with Crippen molar-refractivity contribution in [1.82, 2.24) is 24.7 Å². The Balaban J connectivity index is 1.41. The number of H-pyrrole nitrogens is 1. The molecule has 6 rings (SSSR count). The van der Waals surface area contributed by atoms with Crippen LogP contribution in [0.25, 0.3) is 38.4 Å². The summed E-state index contributed by atoms with van der Waals surface area (Å²) < 4.78 is 8.22. The number of rotatable bonds is 4. The molecule has 2 N–H and O–H groups in total. The van der Waals surface area contributed by atoms with Crippen molar-refractivity contribution in [3.8, 4) is 17.1 Å². The molecule has 9 heteroatoms. The summed E-state index contributed by atoms with van der Waals surface area (Å²) in [5, 5.41) is 11.9. The molecular weight excluding hydrogens is 376 g/mol. The SMILES string of the molecule is O=C(Nc1nc2[nH]nc(-n3cncc3-c3ccc4occc4c3)c2s1)C1CC1. The number of fused-ring (bicyclic) bond motifs is 2. The Morgan fingerprint density at radius 3 is 3.14 bits per heavy atom. The maximum Gasteiger partial charge on any atom is 0.229 e. The molecule has 4 aromatic heterocycles. The van der Waals surface area contributed by atoms with Crippen molar-refractivity contribution in [1.29, 1.82) is 0 Å². The van der Waals surface area contributed by atoms with Gasteiger partial charge in [-0.2, -0.15) is 5.10 Å². The van der Waals surface area contributed by atoms with E-state index in [9.17, 15) is 4.79 Å². The number of thiazole rings is 1. The highest BCUT2D eigenvalue weighted by molar-refractivity contribution is 7.22. The van der Waals surface area contributed by atoms with Gasteiger partial charge in [0.15, 0.2) is 16.6 Å². The lowest BCUT2D eigenvalue weighted by molar-refractivity contribution is -0.117. The number of nitrogens with one attached hydrogen (secondary N) is 2. The Morgan fingerprint density at radius 2 is 2.25 bits per heavy atom. The third kappa shape index (κ3) is 2.43. The van der Waals surface area contributed by atoms with E-state index in [0.29, 0.717) is 16.6 Å². The van der Waals surface area contributed by atoms with Crippen molar-refractivity contribution < 1.29 is 9.21 Å². The number of carbonyl (C=O) groups excluding carboxylic acids is 1. The first-order chi connectivity index (χ1) is 13.8. The predicted octanol–water partition coefficient (Wildman–Crippen LogP) is 3.97. The Bertz CT molecular complexity index is 1340. The smallest absolute Gasteiger partial charge is 0.229 e. The van der Waals surface area contributed by atoms with E-state index in [1.807, 2.05) is 22.8 Å². The summed E-state index contributed by atoms with van der Waals surface area (Å²) in [6.45, 7) is 0. The molecule has 28 heavy (non-hydrogen) atoms. The van der Waals surface area contributed by atoms with Crippen LogP contribution in [0.5, 0.6) is 0 Å². The minimum atomic E-state index is 0.0441. The normalized spacial score (nSPS) is 14.1. The molecule has 1 aromatic carbocycles. The molecule has 1 saturated carbocycles. The first kappa shape index (κ1) is 15.6. The minimum Gasteiger partial charge on any atom is -0.464 e. The first-order valence-electron chi connectivity index (χ1n) is 8.92. The van der Waals surface area contributed by atoms with Crippen molar-refractivity contribution in [3.05, 3.63) is 43.1 Å². The molecule has 0 unspecified atom stereocenters. The Kier molecular flexibility index (Phi) is 3.21. The number of nitrogens with zero attached hydrogens (tertiary/aromatic N) is 4. The first-order valence-corrected chi connectivity index (χ1v) is 9.74. The third-order valence-corrected chi connectivity index (χ3v) is 5.86. The van der Waals surface area contributed by atoms with E-state index in [1.54, 1.807) is 18.8 Å². The van der Waals surface area contributed by atoms with Crippen molar-refractivity contribution in [3.63, 3.8) is 0 Å². The number of aromatic nitrogens is 5. The molecule has 138 valence electrons. The number of benzene rings is 1. The summed E-state index contributed by atoms with van der Waals surface area (Å²) >= 11 is 1.41. The number of furan rings is 1. The van der Waals surface area contributed by atoms with Crippen LogP contribution < -0.4 is 5.32 Å². The van der Waals surface area contributed by atoms with Crippen LogP contribution in [0.15, 0.2) is 47.5 Å². The largest absolute Gasteiger partial charge is 0.464 e. The van der Waals surface area contributed by atoms with Crippen molar-refractivity contribution >= 4 is 43.7 Å². The summed E-state index contributed by atoms with van der Waals surface area (Å²) in [6.07, 6.45) is 7.13. The molecule has 0 aliphatic heterocycles. The zero-order chi connectivity index (χ0) is 18.7. The van der Waals surface area contributed by atoms with Crippen molar-refractivity contribution in [2.75, 3.05) is 5.32 Å². The minimum absolute atomic E-state index is 0.0441. The third-order valence-electron chi connectivity index (χ3n) is 4.89. The van der Waals surface area contributed by atoms with Gasteiger partial charge in [-0.3, -0.25) is 14.5 Å². The quantitative estimate of drug-likeness (QED) is 0.483. The van der Waals surface area contributed by atoms with Crippen LogP contribution in [0.2, 0.25) is 0 Å². The van der Waals surface area contributed by atoms with E-state index >= 15 is 0 Å². The second kappa shape index (κ2) is 5.77. The van der Waals surface area contributed by atoms with Crippen LogP contribution in [0.1, 0.15) is 12.8 Å². The van der Waals surface area contributed by atoms with E-state index in [4.69, 9.17) is 4.42 Å². The van der Waals surface area contributed by atoms with Gasteiger partial charge in [0.25, 0.3) is 0 Å². The fraction of sp³-hybridized carbons (Fsp3) is 0.158. The maximum absolute atomic E-state index is 12.0. The van der Waals surface area contributed by atoms with Gasteiger partial charge in [-0.15, -0.1) is 0 Å². The van der Waals surface area contributed by atoms with Gasteiger partial charge in [0.1, 0.15) is 16.6 Å². The molecule has 8 nitrogen and oxygen atoms in total. The summed E-state index contributed by atoms with van der Waals surface area (Å²) in [5.41, 5.74) is 3.41. The Labute approximate surface area is 162 Å². The van der Waals surface area contributed by atoms with Crippen LogP contribution in [0.4, 0.5) is 5.13 Å². The zero-order valence-electron chi connectivity index (χ0n) is 14.5. The highest BCUT2D eigenvalue weighted by Crippen LogP contribution is 2.35. The topological polar surface area (TPSA) is 102 Å². The Hall–Kier alpha value is -3.46. The van der Waals surface area contributed by atoms with Gasteiger partial charge in [0, 0.05) is 16.9 Å². The lowest BCUT2D eigenvalue weighted by Crippen LogP contribution is -2.12. The van der Waals surface area contributed by atoms with E-state index in [0.717, 1.165) is 39.8 Å². The number of hydrogen-bond donors (Lipinski definition) is 2. The molecule has 0 spiro atoms. The molecule has 1 aliphatic rings. The van der Waals surface area contributed by atoms with Crippen LogP contribution in [-0.2, 0) is 4.79 Å². The number of anilines is 1. The molecule has 0 saturated heterocycles. The average molecular weight is 390 g/mol. The van der Waals surface area contributed by atoms with Crippen molar-refractivity contribution in [2.24, 2.45) is 5.92 Å². The monoisotopic (exact) mass is 390 g/mol. The second-order valence-corrected chi connectivity index (χ2v) is 7.83. The van der Waals surface area contributed by atoms with E-state index < -0.39 is 0 Å². The van der Waals surface area contributed by atoms with E-state index in [1.165, 1.54) is 11.3 Å². The summed E-state index contributed by atoms with van der Waals surface area (Å²) in [6, 6.07) is 7.94. The van der Waals surface area contributed by atoms with Crippen molar-refractivity contribution in [2.45, 2.75) is 12.8 Å². The van der Waals surface area contributed by atoms with Gasteiger partial charge < -0.3 is 9.73 Å². The maximum atomic E-state index is 12.0. The van der Waals surface area contributed by atoms with Crippen LogP contribution in [0, 0.1) is 5.92 Å². The summed E-state index contributed by atoms with van der Waals surface area (Å²) in [5.74, 6) is 0.889. The van der Waals surface area contributed by atoms with Crippen LogP contribution >= 0.6 is 11.3 Å². The van der Waals surface area contributed by atoms with Gasteiger partial charge in [-0.05, 0) is 37.1 Å². The van der Waals surface area contributed by atoms with E-state index in [-0.39, 0.29) is 11.8 Å². The number of imidazole rings is 1. The second-order valence-electron chi connectivity index (χ2n) is 6.83. The summed E-state index contributed by atoms with van der Waals surface area (Å²) in [7, 11) is 0. The van der Waals surface area contributed by atoms with Gasteiger partial charge in [0.2, 0.25) is 5.91 Å². The molecule has 5 aromatic rings. The van der Waals surface area contributed by atoms with Gasteiger partial charge >= 0.3 is 0 Å². The number of aromatic amines is 1. The molecule has 4 heterocycles. The van der Waals surface area contributed by atoms with Crippen LogP contribution in [0.3, 0.4) is 0 Å². The Morgan fingerprint density at radius 1 is 1.32 bits per heavy atom. The lowest BCUT2D eigenvalue weighted by atomic mass is 10.1. The van der Waals surface area contributed by atoms with Gasteiger partial charge in [0.05, 0.1) is 18.2 Å². The molecule has 0 atom stereocenters. The molecule has 0 radical (unpaired) electrons.